The van der Waals surface area contributed by atoms with Gasteiger partial charge in [-0.1, -0.05) is 56.5 Å². The fraction of sp³-hybridized carbons (Fsp3) is 0.611. The average Bonchev–Trinajstić information content (AvgIpc) is 2.77. The van der Waals surface area contributed by atoms with Gasteiger partial charge in [0.15, 0.2) is 0 Å². The highest BCUT2D eigenvalue weighted by Crippen LogP contribution is 2.25. The Labute approximate surface area is 128 Å². The predicted molar refractivity (Wildman–Crippen MR) is 86.9 cm³/mol. The largest absolute Gasteiger partial charge is 0.351 e. The predicted octanol–water partition coefficient (Wildman–Crippen LogP) is 3.25. The first kappa shape index (κ1) is 16.0. The van der Waals surface area contributed by atoms with Gasteiger partial charge in [0.05, 0.1) is 6.54 Å². The fourth-order valence-electron chi connectivity index (χ4n) is 3.09. The van der Waals surface area contributed by atoms with Crippen LogP contribution in [-0.4, -0.2) is 18.5 Å². The number of benzene rings is 1. The van der Waals surface area contributed by atoms with E-state index in [2.05, 4.69) is 17.6 Å². The zero-order valence-electron chi connectivity index (χ0n) is 13.1. The molecule has 0 heterocycles. The van der Waals surface area contributed by atoms with Gasteiger partial charge in [0.25, 0.3) is 0 Å². The summed E-state index contributed by atoms with van der Waals surface area (Å²) in [5.74, 6) is 0.985. The molecule has 116 valence electrons. The van der Waals surface area contributed by atoms with Crippen LogP contribution in [0.15, 0.2) is 30.3 Å². The molecule has 21 heavy (non-hydrogen) atoms. The van der Waals surface area contributed by atoms with Crippen LogP contribution in [0.3, 0.4) is 0 Å². The van der Waals surface area contributed by atoms with Crippen LogP contribution in [0.2, 0.25) is 0 Å². The lowest BCUT2D eigenvalue weighted by Crippen LogP contribution is -2.38. The van der Waals surface area contributed by atoms with E-state index in [0.29, 0.717) is 19.1 Å². The van der Waals surface area contributed by atoms with E-state index in [4.69, 9.17) is 0 Å². The van der Waals surface area contributed by atoms with Crippen molar-refractivity contribution >= 4 is 5.91 Å². The third kappa shape index (κ3) is 5.88. The van der Waals surface area contributed by atoms with Gasteiger partial charge in [-0.05, 0) is 30.7 Å². The Hall–Kier alpha value is -1.35. The van der Waals surface area contributed by atoms with Gasteiger partial charge < -0.3 is 10.6 Å². The van der Waals surface area contributed by atoms with Crippen molar-refractivity contribution in [2.24, 2.45) is 5.92 Å². The highest BCUT2D eigenvalue weighted by atomic mass is 16.1. The van der Waals surface area contributed by atoms with E-state index in [1.807, 2.05) is 30.3 Å². The summed E-state index contributed by atoms with van der Waals surface area (Å²) in [6.07, 6.45) is 7.67. The molecule has 0 aromatic heterocycles. The zero-order chi connectivity index (χ0) is 14.9. The van der Waals surface area contributed by atoms with Crippen molar-refractivity contribution in [3.8, 4) is 0 Å². The van der Waals surface area contributed by atoms with Crippen LogP contribution in [0, 0.1) is 5.92 Å². The molecule has 0 aliphatic heterocycles. The van der Waals surface area contributed by atoms with Crippen molar-refractivity contribution in [1.29, 1.82) is 0 Å². The molecule has 2 rings (SSSR count). The van der Waals surface area contributed by atoms with Crippen LogP contribution >= 0.6 is 0 Å². The van der Waals surface area contributed by atoms with Crippen molar-refractivity contribution in [3.05, 3.63) is 35.9 Å². The van der Waals surface area contributed by atoms with Gasteiger partial charge in [0, 0.05) is 12.6 Å². The van der Waals surface area contributed by atoms with E-state index >= 15 is 0 Å². The summed E-state index contributed by atoms with van der Waals surface area (Å²) >= 11 is 0. The minimum absolute atomic E-state index is 0.0927. The molecule has 1 aromatic rings. The van der Waals surface area contributed by atoms with Crippen LogP contribution in [0.25, 0.3) is 0 Å². The molecular formula is C18H28N2O. The quantitative estimate of drug-likeness (QED) is 0.789. The molecule has 3 nitrogen and oxygen atoms in total. The normalized spacial score (nSPS) is 22.5. The second kappa shape index (κ2) is 8.83. The molecule has 1 aromatic carbocycles. The molecule has 1 saturated carbocycles. The molecule has 0 saturated heterocycles. The number of rotatable bonds is 6. The monoisotopic (exact) mass is 288 g/mol. The third-order valence-electron chi connectivity index (χ3n) is 4.55. The van der Waals surface area contributed by atoms with Crippen molar-refractivity contribution in [3.63, 3.8) is 0 Å². The summed E-state index contributed by atoms with van der Waals surface area (Å²) in [4.78, 5) is 11.9. The lowest BCUT2D eigenvalue weighted by Gasteiger charge is -2.16. The number of hydrogen-bond donors (Lipinski definition) is 2. The lowest BCUT2D eigenvalue weighted by atomic mass is 9.98. The summed E-state index contributed by atoms with van der Waals surface area (Å²) in [6.45, 7) is 3.34. The molecular weight excluding hydrogens is 260 g/mol. The lowest BCUT2D eigenvalue weighted by molar-refractivity contribution is -0.120. The van der Waals surface area contributed by atoms with Gasteiger partial charge in [-0.2, -0.15) is 0 Å². The van der Waals surface area contributed by atoms with Gasteiger partial charge in [-0.25, -0.2) is 0 Å². The SMILES string of the molecule is CCC1CCCC(NCC(=O)NCc2ccccc2)CC1. The number of hydrogen-bond acceptors (Lipinski definition) is 2. The smallest absolute Gasteiger partial charge is 0.234 e. The second-order valence-electron chi connectivity index (χ2n) is 6.12. The fourth-order valence-corrected chi connectivity index (χ4v) is 3.09. The van der Waals surface area contributed by atoms with E-state index in [1.54, 1.807) is 0 Å². The summed E-state index contributed by atoms with van der Waals surface area (Å²) in [7, 11) is 0. The van der Waals surface area contributed by atoms with Crippen LogP contribution in [0.1, 0.15) is 51.0 Å². The Morgan fingerprint density at radius 3 is 2.71 bits per heavy atom. The Kier molecular flexibility index (Phi) is 6.74. The molecule has 1 fully saturated rings. The molecule has 2 atom stereocenters. The maximum atomic E-state index is 11.9. The number of carbonyl (C=O) groups excluding carboxylic acids is 1. The minimum atomic E-state index is 0.0927. The molecule has 2 N–H and O–H groups in total. The van der Waals surface area contributed by atoms with E-state index in [-0.39, 0.29) is 5.91 Å². The summed E-state index contributed by atoms with van der Waals surface area (Å²) in [5.41, 5.74) is 1.14. The molecule has 0 bridgehead atoms. The molecule has 3 heteroatoms. The van der Waals surface area contributed by atoms with Crippen molar-refractivity contribution in [2.45, 2.75) is 58.0 Å². The first-order valence-electron chi connectivity index (χ1n) is 8.32. The maximum absolute atomic E-state index is 11.9. The van der Waals surface area contributed by atoms with E-state index < -0.39 is 0 Å². The zero-order valence-corrected chi connectivity index (χ0v) is 13.1. The summed E-state index contributed by atoms with van der Waals surface area (Å²) in [6, 6.07) is 10.6. The molecule has 1 aliphatic carbocycles. The highest BCUT2D eigenvalue weighted by Gasteiger charge is 2.17. The van der Waals surface area contributed by atoms with Gasteiger partial charge in [-0.15, -0.1) is 0 Å². The van der Waals surface area contributed by atoms with E-state index in [9.17, 15) is 4.79 Å². The van der Waals surface area contributed by atoms with E-state index in [0.717, 1.165) is 11.5 Å². The first-order chi connectivity index (χ1) is 10.3. The molecule has 1 amide bonds. The summed E-state index contributed by atoms with van der Waals surface area (Å²) < 4.78 is 0. The molecule has 0 spiro atoms. The van der Waals surface area contributed by atoms with Gasteiger partial charge in [-0.3, -0.25) is 4.79 Å². The van der Waals surface area contributed by atoms with Gasteiger partial charge >= 0.3 is 0 Å². The van der Waals surface area contributed by atoms with E-state index in [1.165, 1.54) is 38.5 Å². The van der Waals surface area contributed by atoms with Crippen LogP contribution in [0.5, 0.6) is 0 Å². The van der Waals surface area contributed by atoms with Crippen LogP contribution in [0.4, 0.5) is 0 Å². The van der Waals surface area contributed by atoms with Gasteiger partial charge in [0.1, 0.15) is 0 Å². The topological polar surface area (TPSA) is 41.1 Å². The van der Waals surface area contributed by atoms with Crippen molar-refractivity contribution < 1.29 is 4.79 Å². The average molecular weight is 288 g/mol. The Morgan fingerprint density at radius 2 is 1.95 bits per heavy atom. The Balaban J connectivity index is 1.64. The molecule has 2 unspecified atom stereocenters. The number of amides is 1. The van der Waals surface area contributed by atoms with Crippen molar-refractivity contribution in [2.75, 3.05) is 6.54 Å². The Morgan fingerprint density at radius 1 is 1.14 bits per heavy atom. The summed E-state index contributed by atoms with van der Waals surface area (Å²) in [5, 5.41) is 6.40. The van der Waals surface area contributed by atoms with Crippen molar-refractivity contribution in [1.82, 2.24) is 10.6 Å². The van der Waals surface area contributed by atoms with Gasteiger partial charge in [0.2, 0.25) is 5.91 Å². The highest BCUT2D eigenvalue weighted by molar-refractivity contribution is 5.78. The molecule has 0 radical (unpaired) electrons. The molecule has 1 aliphatic rings. The third-order valence-corrected chi connectivity index (χ3v) is 4.55. The minimum Gasteiger partial charge on any atom is -0.351 e. The van der Waals surface area contributed by atoms with Crippen LogP contribution < -0.4 is 10.6 Å². The standard InChI is InChI=1S/C18H28N2O/c1-2-15-9-6-10-17(12-11-15)19-14-18(21)20-13-16-7-4-3-5-8-16/h3-5,7-8,15,17,19H,2,6,9-14H2,1H3,(H,20,21). The number of nitrogens with one attached hydrogen (secondary N) is 2. The Bertz CT molecular complexity index is 418. The maximum Gasteiger partial charge on any atom is 0.234 e. The number of carbonyl (C=O) groups is 1. The van der Waals surface area contributed by atoms with Crippen LogP contribution in [-0.2, 0) is 11.3 Å². The first-order valence-corrected chi connectivity index (χ1v) is 8.32. The second-order valence-corrected chi connectivity index (χ2v) is 6.12.